The zero-order chi connectivity index (χ0) is 28.2. The van der Waals surface area contributed by atoms with Gasteiger partial charge >= 0.3 is 5.97 Å². The van der Waals surface area contributed by atoms with E-state index in [1.54, 1.807) is 12.1 Å². The molecular weight excluding hydrogens is 518 g/mol. The predicted octanol–water partition coefficient (Wildman–Crippen LogP) is 3.21. The van der Waals surface area contributed by atoms with Crippen LogP contribution in [0.5, 0.6) is 5.75 Å². The second-order valence-corrected chi connectivity index (χ2v) is 12.8. The van der Waals surface area contributed by atoms with E-state index >= 15 is 0 Å². The molecule has 1 heterocycles. The van der Waals surface area contributed by atoms with Gasteiger partial charge < -0.3 is 20.1 Å². The lowest BCUT2D eigenvalue weighted by Crippen LogP contribution is -2.60. The molecule has 0 radical (unpaired) electrons. The number of hydrogen-bond acceptors (Lipinski definition) is 6. The van der Waals surface area contributed by atoms with E-state index in [1.807, 2.05) is 31.2 Å². The minimum atomic E-state index is -3.97. The van der Waals surface area contributed by atoms with Crippen molar-refractivity contribution >= 4 is 21.9 Å². The molecule has 0 bridgehead atoms. The Labute approximate surface area is 231 Å². The molecular formula is C29H39N3O6S. The Morgan fingerprint density at radius 3 is 2.23 bits per heavy atom. The number of hydrogen-bond donors (Lipinski definition) is 2. The Kier molecular flexibility index (Phi) is 8.98. The van der Waals surface area contributed by atoms with Crippen LogP contribution < -0.4 is 10.1 Å². The molecule has 1 amide bonds. The summed E-state index contributed by atoms with van der Waals surface area (Å²) in [6, 6.07) is 12.6. The first-order valence-corrected chi connectivity index (χ1v) is 15.0. The summed E-state index contributed by atoms with van der Waals surface area (Å²) in [6.45, 7) is 3.85. The average Bonchev–Trinajstić information content (AvgIpc) is 3.41. The maximum absolute atomic E-state index is 13.6. The molecule has 0 spiro atoms. The topological polar surface area (TPSA) is 116 Å². The summed E-state index contributed by atoms with van der Waals surface area (Å²) in [5.74, 6) is -1.02. The van der Waals surface area contributed by atoms with Gasteiger partial charge in [0.25, 0.3) is 0 Å². The van der Waals surface area contributed by atoms with Gasteiger partial charge in [-0.3, -0.25) is 4.79 Å². The van der Waals surface area contributed by atoms with Gasteiger partial charge in [-0.2, -0.15) is 4.31 Å². The number of likely N-dealkylation sites (N-methyl/N-ethyl adjacent to an activating group) is 1. The quantitative estimate of drug-likeness (QED) is 0.461. The van der Waals surface area contributed by atoms with Crippen LogP contribution in [0.15, 0.2) is 53.4 Å². The maximum Gasteiger partial charge on any atom is 0.326 e. The van der Waals surface area contributed by atoms with Crippen LogP contribution in [0.1, 0.15) is 49.7 Å². The largest absolute Gasteiger partial charge is 0.490 e. The molecule has 1 aliphatic carbocycles. The van der Waals surface area contributed by atoms with Gasteiger partial charge in [-0.1, -0.05) is 42.7 Å². The third kappa shape index (κ3) is 6.62. The number of nitrogens with one attached hydrogen (secondary N) is 1. The third-order valence-corrected chi connectivity index (χ3v) is 10.0. The van der Waals surface area contributed by atoms with E-state index in [0.717, 1.165) is 47.1 Å². The van der Waals surface area contributed by atoms with Crippen molar-refractivity contribution in [3.63, 3.8) is 0 Å². The number of benzene rings is 2. The molecule has 1 aliphatic heterocycles. The molecule has 0 aromatic heterocycles. The van der Waals surface area contributed by atoms with Gasteiger partial charge in [0.1, 0.15) is 23.4 Å². The van der Waals surface area contributed by atoms with Crippen molar-refractivity contribution in [1.29, 1.82) is 0 Å². The zero-order valence-electron chi connectivity index (χ0n) is 22.9. The highest BCUT2D eigenvalue weighted by Gasteiger charge is 2.50. The number of carboxylic acids is 1. The molecule has 1 atom stereocenters. The van der Waals surface area contributed by atoms with Crippen molar-refractivity contribution in [2.24, 2.45) is 0 Å². The summed E-state index contributed by atoms with van der Waals surface area (Å²) in [6.07, 6.45) is 4.16. The third-order valence-electron chi connectivity index (χ3n) is 8.07. The second kappa shape index (κ2) is 12.1. The van der Waals surface area contributed by atoms with Gasteiger partial charge in [0, 0.05) is 26.6 Å². The number of aryl methyl sites for hydroxylation is 1. The summed E-state index contributed by atoms with van der Waals surface area (Å²) in [5, 5.41) is 12.6. The van der Waals surface area contributed by atoms with Crippen LogP contribution in [-0.4, -0.2) is 79.5 Å². The number of nitrogens with zero attached hydrogens (tertiary/aromatic N) is 2. The van der Waals surface area contributed by atoms with Crippen LogP contribution >= 0.6 is 0 Å². The molecule has 2 aromatic rings. The summed E-state index contributed by atoms with van der Waals surface area (Å²) in [7, 11) is -0.458. The lowest BCUT2D eigenvalue weighted by Gasteiger charge is -2.37. The van der Waals surface area contributed by atoms with Gasteiger partial charge in [-0.25, -0.2) is 13.2 Å². The first kappa shape index (κ1) is 29.0. The Balaban J connectivity index is 1.46. The van der Waals surface area contributed by atoms with E-state index in [-0.39, 0.29) is 17.4 Å². The molecule has 2 aromatic carbocycles. The number of ether oxygens (including phenoxy) is 1. The van der Waals surface area contributed by atoms with Crippen LogP contribution in [-0.2, 0) is 26.0 Å². The van der Waals surface area contributed by atoms with Gasteiger partial charge in [0.15, 0.2) is 0 Å². The number of carbonyl (C=O) groups excluding carboxylic acids is 1. The van der Waals surface area contributed by atoms with Crippen molar-refractivity contribution < 1.29 is 27.9 Å². The normalized spacial score (nSPS) is 19.1. The standard InChI is InChI=1S/C29H39N3O6S/c1-21-6-12-25(13-7-21)39(36,37)32(3)29(16-4-5-17-29)28(35)30-26(27(33)34)20-22-8-10-23(11-9-22)38-24-14-18-31(2)19-15-24/h6-13,24,26H,4-5,14-20H2,1-3H3,(H,30,35)(H,33,34)/t26-/m0/s1. The van der Waals surface area contributed by atoms with Crippen LogP contribution in [0.2, 0.25) is 0 Å². The number of likely N-dealkylation sites (tertiary alicyclic amines) is 1. The Morgan fingerprint density at radius 2 is 1.67 bits per heavy atom. The number of carboxylic acid groups (broad SMARTS) is 1. The SMILES string of the molecule is Cc1ccc(S(=O)(=O)N(C)C2(C(=O)N[C@@H](Cc3ccc(OC4CCN(C)CC4)cc3)C(=O)O)CCCC2)cc1. The highest BCUT2D eigenvalue weighted by atomic mass is 32.2. The van der Waals surface area contributed by atoms with Gasteiger partial charge in [0.05, 0.1) is 4.90 Å². The van der Waals surface area contributed by atoms with E-state index in [9.17, 15) is 23.1 Å². The zero-order valence-corrected chi connectivity index (χ0v) is 23.7. The molecule has 10 heteroatoms. The van der Waals surface area contributed by atoms with Crippen molar-refractivity contribution in [3.8, 4) is 5.75 Å². The van der Waals surface area contributed by atoms with Gasteiger partial charge in [0.2, 0.25) is 15.9 Å². The molecule has 2 fully saturated rings. The van der Waals surface area contributed by atoms with Gasteiger partial charge in [-0.15, -0.1) is 0 Å². The monoisotopic (exact) mass is 557 g/mol. The minimum absolute atomic E-state index is 0.0695. The summed E-state index contributed by atoms with van der Waals surface area (Å²) >= 11 is 0. The molecule has 212 valence electrons. The average molecular weight is 558 g/mol. The number of rotatable bonds is 10. The van der Waals surface area contributed by atoms with Crippen molar-refractivity contribution in [1.82, 2.24) is 14.5 Å². The fraction of sp³-hybridized carbons (Fsp3) is 0.517. The summed E-state index contributed by atoms with van der Waals surface area (Å²) in [5.41, 5.74) is 0.318. The molecule has 4 rings (SSSR count). The van der Waals surface area contributed by atoms with Crippen molar-refractivity contribution in [3.05, 3.63) is 59.7 Å². The lowest BCUT2D eigenvalue weighted by atomic mass is 9.95. The first-order chi connectivity index (χ1) is 18.5. The lowest BCUT2D eigenvalue weighted by molar-refractivity contribution is -0.143. The van der Waals surface area contributed by atoms with Crippen molar-refractivity contribution in [2.45, 2.75) is 74.4 Å². The van der Waals surface area contributed by atoms with Gasteiger partial charge in [-0.05, 0) is 69.5 Å². The van der Waals surface area contributed by atoms with E-state index in [1.165, 1.54) is 19.2 Å². The maximum atomic E-state index is 13.6. The molecule has 0 unspecified atom stereocenters. The Hall–Kier alpha value is -2.95. The van der Waals surface area contributed by atoms with Crippen LogP contribution in [0.4, 0.5) is 0 Å². The van der Waals surface area contributed by atoms with E-state index in [2.05, 4.69) is 17.3 Å². The number of carbonyl (C=O) groups is 2. The highest BCUT2D eigenvalue weighted by molar-refractivity contribution is 7.89. The molecule has 9 nitrogen and oxygen atoms in total. The highest BCUT2D eigenvalue weighted by Crippen LogP contribution is 2.38. The summed E-state index contributed by atoms with van der Waals surface area (Å²) < 4.78 is 34.1. The molecule has 1 saturated heterocycles. The van der Waals surface area contributed by atoms with E-state index in [4.69, 9.17) is 4.74 Å². The molecule has 39 heavy (non-hydrogen) atoms. The Morgan fingerprint density at radius 1 is 1.08 bits per heavy atom. The molecule has 1 saturated carbocycles. The molecule has 2 N–H and O–H groups in total. The fourth-order valence-electron chi connectivity index (χ4n) is 5.47. The summed E-state index contributed by atoms with van der Waals surface area (Å²) in [4.78, 5) is 28.2. The predicted molar refractivity (Wildman–Crippen MR) is 148 cm³/mol. The van der Waals surface area contributed by atoms with Crippen molar-refractivity contribution in [2.75, 3.05) is 27.2 Å². The number of amides is 1. The van der Waals surface area contributed by atoms with Crippen LogP contribution in [0.3, 0.4) is 0 Å². The second-order valence-electron chi connectivity index (χ2n) is 10.9. The van der Waals surface area contributed by atoms with E-state index < -0.39 is 33.5 Å². The van der Waals surface area contributed by atoms with Crippen LogP contribution in [0, 0.1) is 6.92 Å². The fourth-order valence-corrected chi connectivity index (χ4v) is 6.99. The van der Waals surface area contributed by atoms with Crippen LogP contribution in [0.25, 0.3) is 0 Å². The Bertz CT molecular complexity index is 1250. The molecule has 2 aliphatic rings. The number of aliphatic carboxylic acids is 1. The minimum Gasteiger partial charge on any atom is -0.490 e. The number of piperidine rings is 1. The first-order valence-electron chi connectivity index (χ1n) is 13.5. The smallest absolute Gasteiger partial charge is 0.326 e. The van der Waals surface area contributed by atoms with E-state index in [0.29, 0.717) is 25.7 Å². The number of sulfonamides is 1.